The molecule has 1 aromatic carbocycles. The molecule has 2 heterocycles. The zero-order chi connectivity index (χ0) is 16.2. The molecule has 5 nitrogen and oxygen atoms in total. The third kappa shape index (κ3) is 3.48. The standard InChI is InChI=1S/C17H17N3O2S/c1-12-19-15-7-3-2-6-14(15)17(22)20(12)11-16(21)18-9-8-13-5-4-10-23-13/h2-7,10H,8-9,11H2,1H3,(H,18,21). The van der Waals surface area contributed by atoms with E-state index >= 15 is 0 Å². The van der Waals surface area contributed by atoms with Crippen LogP contribution >= 0.6 is 11.3 Å². The fourth-order valence-electron chi connectivity index (χ4n) is 2.44. The van der Waals surface area contributed by atoms with Crippen molar-refractivity contribution in [2.45, 2.75) is 19.9 Å². The van der Waals surface area contributed by atoms with E-state index in [1.807, 2.05) is 23.6 Å². The first-order chi connectivity index (χ1) is 11.1. The van der Waals surface area contributed by atoms with Crippen LogP contribution in [-0.2, 0) is 17.8 Å². The number of thiophene rings is 1. The molecule has 0 aliphatic carbocycles. The highest BCUT2D eigenvalue weighted by molar-refractivity contribution is 7.09. The van der Waals surface area contributed by atoms with Crippen LogP contribution in [0.4, 0.5) is 0 Å². The maximum Gasteiger partial charge on any atom is 0.261 e. The highest BCUT2D eigenvalue weighted by atomic mass is 32.1. The molecule has 2 aromatic heterocycles. The van der Waals surface area contributed by atoms with E-state index in [1.165, 1.54) is 9.44 Å². The Balaban J connectivity index is 1.71. The van der Waals surface area contributed by atoms with Gasteiger partial charge in [0.05, 0.1) is 10.9 Å². The predicted molar refractivity (Wildman–Crippen MR) is 91.8 cm³/mol. The quantitative estimate of drug-likeness (QED) is 0.781. The molecule has 0 bridgehead atoms. The molecule has 0 atom stereocenters. The Hall–Kier alpha value is -2.47. The summed E-state index contributed by atoms with van der Waals surface area (Å²) >= 11 is 1.67. The van der Waals surface area contributed by atoms with Gasteiger partial charge in [0, 0.05) is 11.4 Å². The molecular weight excluding hydrogens is 310 g/mol. The molecule has 1 N–H and O–H groups in total. The smallest absolute Gasteiger partial charge is 0.261 e. The summed E-state index contributed by atoms with van der Waals surface area (Å²) in [6.45, 7) is 2.30. The van der Waals surface area contributed by atoms with Gasteiger partial charge in [-0.1, -0.05) is 18.2 Å². The van der Waals surface area contributed by atoms with Gasteiger partial charge in [0.2, 0.25) is 5.91 Å². The van der Waals surface area contributed by atoms with Crippen LogP contribution in [0, 0.1) is 6.92 Å². The summed E-state index contributed by atoms with van der Waals surface area (Å²) in [6.07, 6.45) is 0.799. The van der Waals surface area contributed by atoms with Crippen LogP contribution in [0.3, 0.4) is 0 Å². The summed E-state index contributed by atoms with van der Waals surface area (Å²) in [5, 5.41) is 5.40. The number of hydrogen-bond donors (Lipinski definition) is 1. The number of nitrogens with zero attached hydrogens (tertiary/aromatic N) is 2. The Bertz CT molecular complexity index is 884. The van der Waals surface area contributed by atoms with Crippen molar-refractivity contribution in [2.75, 3.05) is 6.54 Å². The minimum absolute atomic E-state index is 0.00700. The molecule has 23 heavy (non-hydrogen) atoms. The zero-order valence-electron chi connectivity index (χ0n) is 12.8. The monoisotopic (exact) mass is 327 g/mol. The molecule has 0 aliphatic heterocycles. The van der Waals surface area contributed by atoms with Gasteiger partial charge in [-0.25, -0.2) is 4.98 Å². The maximum absolute atomic E-state index is 12.5. The Kier molecular flexibility index (Phi) is 4.52. The summed E-state index contributed by atoms with van der Waals surface area (Å²) in [7, 11) is 0. The summed E-state index contributed by atoms with van der Waals surface area (Å²) in [5.74, 6) is 0.367. The molecule has 0 saturated heterocycles. The third-order valence-corrected chi connectivity index (χ3v) is 4.56. The van der Waals surface area contributed by atoms with Gasteiger partial charge in [-0.15, -0.1) is 11.3 Å². The number of nitrogens with one attached hydrogen (secondary N) is 1. The lowest BCUT2D eigenvalue weighted by Crippen LogP contribution is -2.34. The van der Waals surface area contributed by atoms with Crippen molar-refractivity contribution in [3.63, 3.8) is 0 Å². The number of aryl methyl sites for hydroxylation is 1. The van der Waals surface area contributed by atoms with E-state index in [2.05, 4.69) is 10.3 Å². The van der Waals surface area contributed by atoms with Crippen molar-refractivity contribution in [1.82, 2.24) is 14.9 Å². The molecule has 0 fully saturated rings. The average Bonchev–Trinajstić information content (AvgIpc) is 3.05. The van der Waals surface area contributed by atoms with Crippen LogP contribution in [0.25, 0.3) is 10.9 Å². The lowest BCUT2D eigenvalue weighted by molar-refractivity contribution is -0.121. The van der Waals surface area contributed by atoms with Crippen molar-refractivity contribution in [2.24, 2.45) is 0 Å². The van der Waals surface area contributed by atoms with Crippen LogP contribution in [0.2, 0.25) is 0 Å². The van der Waals surface area contributed by atoms with E-state index in [0.29, 0.717) is 23.3 Å². The Morgan fingerprint density at radius 2 is 2.09 bits per heavy atom. The Morgan fingerprint density at radius 1 is 1.26 bits per heavy atom. The maximum atomic E-state index is 12.5. The lowest BCUT2D eigenvalue weighted by Gasteiger charge is -2.11. The number of amides is 1. The summed E-state index contributed by atoms with van der Waals surface area (Å²) in [4.78, 5) is 30.2. The molecule has 0 spiro atoms. The minimum Gasteiger partial charge on any atom is -0.354 e. The number of benzene rings is 1. The van der Waals surface area contributed by atoms with E-state index < -0.39 is 0 Å². The summed E-state index contributed by atoms with van der Waals surface area (Å²) in [5.41, 5.74) is 0.478. The largest absolute Gasteiger partial charge is 0.354 e. The second-order valence-electron chi connectivity index (χ2n) is 5.25. The number of carbonyl (C=O) groups excluding carboxylic acids is 1. The van der Waals surface area contributed by atoms with Crippen LogP contribution in [0.1, 0.15) is 10.7 Å². The van der Waals surface area contributed by atoms with E-state index in [1.54, 1.807) is 36.5 Å². The predicted octanol–water partition coefficient (Wildman–Crippen LogP) is 2.13. The average molecular weight is 327 g/mol. The number of hydrogen-bond acceptors (Lipinski definition) is 4. The van der Waals surface area contributed by atoms with Gasteiger partial charge in [0.15, 0.2) is 0 Å². The van der Waals surface area contributed by atoms with E-state index in [-0.39, 0.29) is 18.0 Å². The van der Waals surface area contributed by atoms with E-state index in [9.17, 15) is 9.59 Å². The highest BCUT2D eigenvalue weighted by Crippen LogP contribution is 2.08. The fourth-order valence-corrected chi connectivity index (χ4v) is 3.15. The second kappa shape index (κ2) is 6.75. The minimum atomic E-state index is -0.179. The van der Waals surface area contributed by atoms with Crippen LogP contribution in [0.5, 0.6) is 0 Å². The molecular formula is C17H17N3O2S. The van der Waals surface area contributed by atoms with Crippen LogP contribution < -0.4 is 10.9 Å². The van der Waals surface area contributed by atoms with Crippen molar-refractivity contribution < 1.29 is 4.79 Å². The normalized spacial score (nSPS) is 10.8. The van der Waals surface area contributed by atoms with Crippen molar-refractivity contribution in [3.8, 4) is 0 Å². The van der Waals surface area contributed by atoms with Gasteiger partial charge in [-0.05, 0) is 36.9 Å². The number of para-hydroxylation sites is 1. The van der Waals surface area contributed by atoms with Crippen LogP contribution in [0.15, 0.2) is 46.6 Å². The summed E-state index contributed by atoms with van der Waals surface area (Å²) in [6, 6.07) is 11.2. The number of fused-ring (bicyclic) bond motifs is 1. The molecule has 1 amide bonds. The molecule has 0 saturated carbocycles. The lowest BCUT2D eigenvalue weighted by atomic mass is 10.2. The third-order valence-electron chi connectivity index (χ3n) is 3.63. The van der Waals surface area contributed by atoms with Gasteiger partial charge in [-0.2, -0.15) is 0 Å². The number of rotatable bonds is 5. The fraction of sp³-hybridized carbons (Fsp3) is 0.235. The van der Waals surface area contributed by atoms with Gasteiger partial charge < -0.3 is 5.32 Å². The zero-order valence-corrected chi connectivity index (χ0v) is 13.6. The molecule has 0 radical (unpaired) electrons. The van der Waals surface area contributed by atoms with E-state index in [4.69, 9.17) is 0 Å². The number of carbonyl (C=O) groups is 1. The van der Waals surface area contributed by atoms with Gasteiger partial charge in [-0.3, -0.25) is 14.2 Å². The van der Waals surface area contributed by atoms with Crippen molar-refractivity contribution in [3.05, 3.63) is 62.8 Å². The molecule has 118 valence electrons. The summed E-state index contributed by atoms with van der Waals surface area (Å²) < 4.78 is 1.42. The SMILES string of the molecule is Cc1nc2ccccc2c(=O)n1CC(=O)NCCc1cccs1. The van der Waals surface area contributed by atoms with Gasteiger partial charge in [0.1, 0.15) is 12.4 Å². The Labute approximate surface area is 137 Å². The first-order valence-corrected chi connectivity index (χ1v) is 8.28. The van der Waals surface area contributed by atoms with Crippen molar-refractivity contribution >= 4 is 28.1 Å². The second-order valence-corrected chi connectivity index (χ2v) is 6.28. The van der Waals surface area contributed by atoms with Crippen molar-refractivity contribution in [1.29, 1.82) is 0 Å². The van der Waals surface area contributed by atoms with E-state index in [0.717, 1.165) is 6.42 Å². The molecule has 0 aliphatic rings. The first-order valence-electron chi connectivity index (χ1n) is 7.40. The number of aromatic nitrogens is 2. The molecule has 3 aromatic rings. The molecule has 0 unspecified atom stereocenters. The van der Waals surface area contributed by atoms with Gasteiger partial charge in [0.25, 0.3) is 5.56 Å². The highest BCUT2D eigenvalue weighted by Gasteiger charge is 2.11. The Morgan fingerprint density at radius 3 is 2.87 bits per heavy atom. The molecule has 6 heteroatoms. The topological polar surface area (TPSA) is 64.0 Å². The first kappa shape index (κ1) is 15.4. The molecule has 3 rings (SSSR count). The van der Waals surface area contributed by atoms with Crippen LogP contribution in [-0.4, -0.2) is 22.0 Å². The van der Waals surface area contributed by atoms with Gasteiger partial charge >= 0.3 is 0 Å².